The van der Waals surface area contributed by atoms with Crippen molar-refractivity contribution in [2.24, 2.45) is 5.73 Å². The Morgan fingerprint density at radius 1 is 1.32 bits per heavy atom. The van der Waals surface area contributed by atoms with Crippen LogP contribution >= 0.6 is 23.2 Å². The lowest BCUT2D eigenvalue weighted by Gasteiger charge is -2.37. The molecule has 4 nitrogen and oxygen atoms in total. The van der Waals surface area contributed by atoms with E-state index in [-0.39, 0.29) is 12.5 Å². The third-order valence-electron chi connectivity index (χ3n) is 3.53. The molecule has 3 N–H and O–H groups in total. The number of carbonyl (C=O) groups is 1. The van der Waals surface area contributed by atoms with Gasteiger partial charge in [0.05, 0.1) is 15.6 Å². The molecule has 0 radical (unpaired) electrons. The van der Waals surface area contributed by atoms with Gasteiger partial charge in [0, 0.05) is 25.2 Å². The van der Waals surface area contributed by atoms with Crippen LogP contribution in [0.5, 0.6) is 0 Å². The number of hydrogen-bond donors (Lipinski definition) is 2. The maximum absolute atomic E-state index is 12.3. The van der Waals surface area contributed by atoms with Gasteiger partial charge in [-0.05, 0) is 31.0 Å². The summed E-state index contributed by atoms with van der Waals surface area (Å²) >= 11 is 11.7. The Balaban J connectivity index is 2.07. The van der Waals surface area contributed by atoms with Gasteiger partial charge in [-0.2, -0.15) is 0 Å². The van der Waals surface area contributed by atoms with Crippen LogP contribution in [-0.4, -0.2) is 41.1 Å². The quantitative estimate of drug-likeness (QED) is 0.877. The molecule has 1 aromatic rings. The van der Waals surface area contributed by atoms with Gasteiger partial charge in [-0.1, -0.05) is 23.2 Å². The highest BCUT2D eigenvalue weighted by Gasteiger charge is 2.32. The number of rotatable bonds is 2. The molecule has 0 aliphatic carbocycles. The van der Waals surface area contributed by atoms with Gasteiger partial charge in [0.15, 0.2) is 0 Å². The summed E-state index contributed by atoms with van der Waals surface area (Å²) in [5.74, 6) is -0.0994. The van der Waals surface area contributed by atoms with Crippen LogP contribution in [0.3, 0.4) is 0 Å². The van der Waals surface area contributed by atoms with Crippen molar-refractivity contribution in [1.82, 2.24) is 4.90 Å². The number of piperidine rings is 1. The number of hydrogen-bond acceptors (Lipinski definition) is 3. The molecule has 1 aromatic carbocycles. The fourth-order valence-electron chi connectivity index (χ4n) is 2.14. The molecule has 0 unspecified atom stereocenters. The van der Waals surface area contributed by atoms with E-state index in [0.717, 1.165) is 0 Å². The van der Waals surface area contributed by atoms with Crippen LogP contribution < -0.4 is 5.73 Å². The van der Waals surface area contributed by atoms with Crippen LogP contribution in [0.1, 0.15) is 23.2 Å². The summed E-state index contributed by atoms with van der Waals surface area (Å²) in [4.78, 5) is 14.0. The first-order valence-corrected chi connectivity index (χ1v) is 6.87. The van der Waals surface area contributed by atoms with E-state index in [1.807, 2.05) is 0 Å². The SMILES string of the molecule is NCC1(O)CCN(C(=O)c2ccc(Cl)c(Cl)c2)CC1. The number of benzene rings is 1. The molecule has 1 fully saturated rings. The van der Waals surface area contributed by atoms with Crippen LogP contribution in [0.4, 0.5) is 0 Å². The van der Waals surface area contributed by atoms with Crippen molar-refractivity contribution in [3.8, 4) is 0 Å². The van der Waals surface area contributed by atoms with Crippen LogP contribution in [0.15, 0.2) is 18.2 Å². The number of aliphatic hydroxyl groups is 1. The zero-order chi connectivity index (χ0) is 14.0. The Bertz CT molecular complexity index is 486. The molecular formula is C13H16Cl2N2O2. The number of carbonyl (C=O) groups excluding carboxylic acids is 1. The second-order valence-corrected chi connectivity index (χ2v) is 5.66. The summed E-state index contributed by atoms with van der Waals surface area (Å²) in [6.07, 6.45) is 0.993. The third-order valence-corrected chi connectivity index (χ3v) is 4.27. The molecule has 1 heterocycles. The van der Waals surface area contributed by atoms with Crippen molar-refractivity contribution < 1.29 is 9.90 Å². The Morgan fingerprint density at radius 3 is 2.47 bits per heavy atom. The van der Waals surface area contributed by atoms with E-state index >= 15 is 0 Å². The zero-order valence-electron chi connectivity index (χ0n) is 10.4. The molecule has 2 rings (SSSR count). The fourth-order valence-corrected chi connectivity index (χ4v) is 2.44. The molecule has 0 atom stereocenters. The van der Waals surface area contributed by atoms with E-state index in [2.05, 4.69) is 0 Å². The van der Waals surface area contributed by atoms with Gasteiger partial charge in [-0.25, -0.2) is 0 Å². The fraction of sp³-hybridized carbons (Fsp3) is 0.462. The molecule has 0 spiro atoms. The lowest BCUT2D eigenvalue weighted by atomic mass is 9.91. The van der Waals surface area contributed by atoms with E-state index < -0.39 is 5.60 Å². The predicted octanol–water partition coefficient (Wildman–Crippen LogP) is 1.92. The number of nitrogens with zero attached hydrogens (tertiary/aromatic N) is 1. The Morgan fingerprint density at radius 2 is 1.95 bits per heavy atom. The molecule has 6 heteroatoms. The Labute approximate surface area is 122 Å². The van der Waals surface area contributed by atoms with E-state index in [1.165, 1.54) is 0 Å². The maximum atomic E-state index is 12.3. The van der Waals surface area contributed by atoms with Crippen molar-refractivity contribution in [3.63, 3.8) is 0 Å². The summed E-state index contributed by atoms with van der Waals surface area (Å²) < 4.78 is 0. The van der Waals surface area contributed by atoms with Crippen molar-refractivity contribution >= 4 is 29.1 Å². The third kappa shape index (κ3) is 3.20. The minimum absolute atomic E-state index is 0.0994. The topological polar surface area (TPSA) is 66.6 Å². The van der Waals surface area contributed by atoms with Crippen LogP contribution in [0.2, 0.25) is 10.0 Å². The predicted molar refractivity (Wildman–Crippen MR) is 75.6 cm³/mol. The number of likely N-dealkylation sites (tertiary alicyclic amines) is 1. The molecular weight excluding hydrogens is 287 g/mol. The summed E-state index contributed by atoms with van der Waals surface area (Å²) in [6.45, 7) is 1.21. The first-order valence-electron chi connectivity index (χ1n) is 6.12. The highest BCUT2D eigenvalue weighted by molar-refractivity contribution is 6.42. The van der Waals surface area contributed by atoms with Crippen molar-refractivity contribution in [2.45, 2.75) is 18.4 Å². The second-order valence-electron chi connectivity index (χ2n) is 4.85. The molecule has 0 aromatic heterocycles. The minimum Gasteiger partial charge on any atom is -0.388 e. The summed E-state index contributed by atoms with van der Waals surface area (Å²) in [5, 5.41) is 10.8. The summed E-state index contributed by atoms with van der Waals surface area (Å²) in [5.41, 5.74) is 5.19. The van der Waals surface area contributed by atoms with Crippen molar-refractivity contribution in [3.05, 3.63) is 33.8 Å². The average Bonchev–Trinajstić information content (AvgIpc) is 2.42. The average molecular weight is 303 g/mol. The molecule has 1 aliphatic rings. The van der Waals surface area contributed by atoms with Crippen molar-refractivity contribution in [1.29, 1.82) is 0 Å². The van der Waals surface area contributed by atoms with Gasteiger partial charge in [0.2, 0.25) is 0 Å². The van der Waals surface area contributed by atoms with Gasteiger partial charge in [-0.15, -0.1) is 0 Å². The number of halogens is 2. The first kappa shape index (κ1) is 14.6. The normalized spacial score (nSPS) is 18.4. The van der Waals surface area contributed by atoms with E-state index in [0.29, 0.717) is 41.5 Å². The van der Waals surface area contributed by atoms with E-state index in [4.69, 9.17) is 28.9 Å². The highest BCUT2D eigenvalue weighted by Crippen LogP contribution is 2.25. The monoisotopic (exact) mass is 302 g/mol. The number of nitrogens with two attached hydrogens (primary N) is 1. The van der Waals surface area contributed by atoms with Gasteiger partial charge in [0.1, 0.15) is 0 Å². The molecule has 0 saturated carbocycles. The lowest BCUT2D eigenvalue weighted by Crippen LogP contribution is -2.50. The van der Waals surface area contributed by atoms with E-state index in [1.54, 1.807) is 23.1 Å². The summed E-state index contributed by atoms with van der Waals surface area (Å²) in [6, 6.07) is 4.83. The van der Waals surface area contributed by atoms with Gasteiger partial charge in [-0.3, -0.25) is 4.79 Å². The zero-order valence-corrected chi connectivity index (χ0v) is 11.9. The van der Waals surface area contributed by atoms with Crippen LogP contribution in [-0.2, 0) is 0 Å². The molecule has 0 bridgehead atoms. The van der Waals surface area contributed by atoms with Crippen LogP contribution in [0.25, 0.3) is 0 Å². The molecule has 1 saturated heterocycles. The largest absolute Gasteiger partial charge is 0.388 e. The minimum atomic E-state index is -0.839. The Hall–Kier alpha value is -0.810. The molecule has 1 amide bonds. The molecule has 19 heavy (non-hydrogen) atoms. The Kier molecular flexibility index (Phi) is 4.36. The van der Waals surface area contributed by atoms with Crippen LogP contribution in [0, 0.1) is 0 Å². The maximum Gasteiger partial charge on any atom is 0.253 e. The van der Waals surface area contributed by atoms with Crippen molar-refractivity contribution in [2.75, 3.05) is 19.6 Å². The highest BCUT2D eigenvalue weighted by atomic mass is 35.5. The first-order chi connectivity index (χ1) is 8.95. The summed E-state index contributed by atoms with van der Waals surface area (Å²) in [7, 11) is 0. The van der Waals surface area contributed by atoms with E-state index in [9.17, 15) is 9.90 Å². The smallest absolute Gasteiger partial charge is 0.253 e. The van der Waals surface area contributed by atoms with Gasteiger partial charge in [0.25, 0.3) is 5.91 Å². The molecule has 104 valence electrons. The number of amides is 1. The van der Waals surface area contributed by atoms with Gasteiger partial charge < -0.3 is 15.7 Å². The standard InChI is InChI=1S/C13H16Cl2N2O2/c14-10-2-1-9(7-11(10)15)12(18)17-5-3-13(19,8-16)4-6-17/h1-2,7,19H,3-6,8,16H2. The molecule has 1 aliphatic heterocycles. The second kappa shape index (κ2) is 5.67. The van der Waals surface area contributed by atoms with Gasteiger partial charge >= 0.3 is 0 Å². The lowest BCUT2D eigenvalue weighted by molar-refractivity contribution is -0.00951.